The summed E-state index contributed by atoms with van der Waals surface area (Å²) in [7, 11) is 0. The van der Waals surface area contributed by atoms with Gasteiger partial charge in [0.2, 0.25) is 0 Å². The van der Waals surface area contributed by atoms with Gasteiger partial charge in [-0.05, 0) is 22.9 Å². The molecule has 18 heavy (non-hydrogen) atoms. The number of rotatable bonds is 5. The quantitative estimate of drug-likeness (QED) is 0.851. The zero-order valence-corrected chi connectivity index (χ0v) is 11.5. The van der Waals surface area contributed by atoms with Gasteiger partial charge in [0.25, 0.3) is 0 Å². The van der Waals surface area contributed by atoms with Crippen LogP contribution >= 0.6 is 22.7 Å². The minimum atomic E-state index is 0.112. The number of hydrogen-bond donors (Lipinski definition) is 1. The van der Waals surface area contributed by atoms with Crippen molar-refractivity contribution in [3.05, 3.63) is 44.3 Å². The molecule has 0 bridgehead atoms. The topological polar surface area (TPSA) is 29.5 Å². The molecule has 0 amide bonds. The highest BCUT2D eigenvalue weighted by Crippen LogP contribution is 2.18. The van der Waals surface area contributed by atoms with Gasteiger partial charge in [-0.25, -0.2) is 0 Å². The number of hydrogen-bond acceptors (Lipinski definition) is 4. The van der Waals surface area contributed by atoms with Gasteiger partial charge in [0.05, 0.1) is 19.8 Å². The van der Waals surface area contributed by atoms with Crippen molar-refractivity contribution in [3.63, 3.8) is 0 Å². The zero-order chi connectivity index (χ0) is 12.6. The number of aliphatic hydroxyl groups is 1. The molecule has 0 fully saturated rings. The van der Waals surface area contributed by atoms with Gasteiger partial charge in [-0.2, -0.15) is 0 Å². The summed E-state index contributed by atoms with van der Waals surface area (Å²) >= 11 is 3.36. The van der Waals surface area contributed by atoms with Crippen LogP contribution in [0.5, 0.6) is 0 Å². The molecule has 94 valence electrons. The molecular formula is C14H14O2S2. The van der Waals surface area contributed by atoms with Crippen LogP contribution < -0.4 is 0 Å². The van der Waals surface area contributed by atoms with Crippen molar-refractivity contribution in [2.45, 2.75) is 19.6 Å². The van der Waals surface area contributed by atoms with E-state index in [1.165, 1.54) is 4.88 Å². The summed E-state index contributed by atoms with van der Waals surface area (Å²) < 4.78 is 5.67. The van der Waals surface area contributed by atoms with Gasteiger partial charge in [0, 0.05) is 21.7 Å². The summed E-state index contributed by atoms with van der Waals surface area (Å²) in [5.74, 6) is 6.00. The van der Waals surface area contributed by atoms with Crippen LogP contribution in [-0.4, -0.2) is 11.7 Å². The smallest absolute Gasteiger partial charge is 0.0826 e. The third kappa shape index (κ3) is 3.97. The lowest BCUT2D eigenvalue weighted by atomic mass is 10.2. The SMILES string of the molecule is OCCC#Cc1ccsc1COCc1cccs1. The fourth-order valence-corrected chi connectivity index (χ4v) is 2.82. The second-order valence-electron chi connectivity index (χ2n) is 3.60. The maximum Gasteiger partial charge on any atom is 0.0826 e. The van der Waals surface area contributed by atoms with Gasteiger partial charge in [-0.1, -0.05) is 17.9 Å². The van der Waals surface area contributed by atoms with Crippen LogP contribution in [0.3, 0.4) is 0 Å². The van der Waals surface area contributed by atoms with Crippen LogP contribution in [0.15, 0.2) is 29.0 Å². The van der Waals surface area contributed by atoms with E-state index in [0.717, 1.165) is 10.4 Å². The van der Waals surface area contributed by atoms with E-state index in [4.69, 9.17) is 9.84 Å². The van der Waals surface area contributed by atoms with Gasteiger partial charge >= 0.3 is 0 Å². The average molecular weight is 278 g/mol. The Balaban J connectivity index is 1.86. The highest BCUT2D eigenvalue weighted by Gasteiger charge is 2.02. The fraction of sp³-hybridized carbons (Fsp3) is 0.286. The van der Waals surface area contributed by atoms with E-state index in [0.29, 0.717) is 19.6 Å². The lowest BCUT2D eigenvalue weighted by Gasteiger charge is -2.01. The summed E-state index contributed by atoms with van der Waals surface area (Å²) in [6.07, 6.45) is 0.519. The molecule has 0 spiro atoms. The maximum atomic E-state index is 8.69. The van der Waals surface area contributed by atoms with Crippen LogP contribution in [0.1, 0.15) is 21.7 Å². The van der Waals surface area contributed by atoms with E-state index >= 15 is 0 Å². The molecule has 2 nitrogen and oxygen atoms in total. The van der Waals surface area contributed by atoms with E-state index in [9.17, 15) is 0 Å². The Bertz CT molecular complexity index is 517. The summed E-state index contributed by atoms with van der Waals surface area (Å²) in [6.45, 7) is 1.36. The molecule has 0 radical (unpaired) electrons. The molecule has 0 aliphatic heterocycles. The number of thiophene rings is 2. The fourth-order valence-electron chi connectivity index (χ4n) is 1.42. The van der Waals surface area contributed by atoms with Crippen LogP contribution in [-0.2, 0) is 18.0 Å². The molecule has 2 aromatic rings. The molecule has 2 aromatic heterocycles. The van der Waals surface area contributed by atoms with Crippen LogP contribution in [0.2, 0.25) is 0 Å². The first-order chi connectivity index (χ1) is 8.90. The van der Waals surface area contributed by atoms with Crippen molar-refractivity contribution in [1.82, 2.24) is 0 Å². The molecule has 0 unspecified atom stereocenters. The first-order valence-corrected chi connectivity index (χ1v) is 7.42. The largest absolute Gasteiger partial charge is 0.395 e. The highest BCUT2D eigenvalue weighted by atomic mass is 32.1. The molecule has 0 atom stereocenters. The summed E-state index contributed by atoms with van der Waals surface area (Å²) in [5.41, 5.74) is 1.01. The Morgan fingerprint density at radius 2 is 2.11 bits per heavy atom. The molecule has 0 aliphatic rings. The van der Waals surface area contributed by atoms with Crippen molar-refractivity contribution in [2.75, 3.05) is 6.61 Å². The Morgan fingerprint density at radius 3 is 2.89 bits per heavy atom. The van der Waals surface area contributed by atoms with Crippen LogP contribution in [0.4, 0.5) is 0 Å². The third-order valence-electron chi connectivity index (χ3n) is 2.26. The second-order valence-corrected chi connectivity index (χ2v) is 5.64. The van der Waals surface area contributed by atoms with Gasteiger partial charge in [-0.15, -0.1) is 22.7 Å². The van der Waals surface area contributed by atoms with Crippen LogP contribution in [0.25, 0.3) is 0 Å². The van der Waals surface area contributed by atoms with Crippen molar-refractivity contribution < 1.29 is 9.84 Å². The molecule has 0 saturated heterocycles. The first kappa shape index (κ1) is 13.3. The standard InChI is InChI=1S/C14H14O2S2/c15-7-2-1-4-12-6-9-18-14(12)11-16-10-13-5-3-8-17-13/h3,5-6,8-9,15H,2,7,10-11H2. The Morgan fingerprint density at radius 1 is 1.17 bits per heavy atom. The van der Waals surface area contributed by atoms with Gasteiger partial charge in [0.15, 0.2) is 0 Å². The second kappa shape index (κ2) is 7.34. The van der Waals surface area contributed by atoms with E-state index in [2.05, 4.69) is 23.3 Å². The maximum absolute atomic E-state index is 8.69. The molecular weight excluding hydrogens is 264 g/mol. The van der Waals surface area contributed by atoms with E-state index in [-0.39, 0.29) is 6.61 Å². The summed E-state index contributed by atoms with van der Waals surface area (Å²) in [4.78, 5) is 2.39. The monoisotopic (exact) mass is 278 g/mol. The molecule has 1 N–H and O–H groups in total. The minimum Gasteiger partial charge on any atom is -0.395 e. The molecule has 0 aliphatic carbocycles. The van der Waals surface area contributed by atoms with Crippen molar-refractivity contribution in [1.29, 1.82) is 0 Å². The van der Waals surface area contributed by atoms with E-state index < -0.39 is 0 Å². The molecule has 2 rings (SSSR count). The van der Waals surface area contributed by atoms with Gasteiger partial charge in [-0.3, -0.25) is 0 Å². The Kier molecular flexibility index (Phi) is 5.43. The molecule has 2 heterocycles. The normalized spacial score (nSPS) is 10.1. The predicted octanol–water partition coefficient (Wildman–Crippen LogP) is 3.26. The van der Waals surface area contributed by atoms with Crippen molar-refractivity contribution in [2.24, 2.45) is 0 Å². The molecule has 4 heteroatoms. The summed E-state index contributed by atoms with van der Waals surface area (Å²) in [5, 5.41) is 12.8. The molecule has 0 saturated carbocycles. The number of aliphatic hydroxyl groups excluding tert-OH is 1. The molecule has 0 aromatic carbocycles. The van der Waals surface area contributed by atoms with Crippen molar-refractivity contribution >= 4 is 22.7 Å². The predicted molar refractivity (Wildman–Crippen MR) is 75.7 cm³/mol. The van der Waals surface area contributed by atoms with Crippen LogP contribution in [0, 0.1) is 11.8 Å². The van der Waals surface area contributed by atoms with Crippen molar-refractivity contribution in [3.8, 4) is 11.8 Å². The average Bonchev–Trinajstić information content (AvgIpc) is 3.02. The number of ether oxygens (including phenoxy) is 1. The minimum absolute atomic E-state index is 0.112. The summed E-state index contributed by atoms with van der Waals surface area (Å²) in [6, 6.07) is 6.10. The van der Waals surface area contributed by atoms with E-state index in [1.54, 1.807) is 22.7 Å². The lowest BCUT2D eigenvalue weighted by molar-refractivity contribution is 0.111. The lowest BCUT2D eigenvalue weighted by Crippen LogP contribution is -1.92. The highest BCUT2D eigenvalue weighted by molar-refractivity contribution is 7.10. The first-order valence-electron chi connectivity index (χ1n) is 5.66. The Hall–Kier alpha value is -1.12. The Labute approximate surface area is 115 Å². The van der Waals surface area contributed by atoms with Gasteiger partial charge in [0.1, 0.15) is 0 Å². The zero-order valence-electron chi connectivity index (χ0n) is 9.89. The van der Waals surface area contributed by atoms with E-state index in [1.807, 2.05) is 17.5 Å². The van der Waals surface area contributed by atoms with Gasteiger partial charge < -0.3 is 9.84 Å². The third-order valence-corrected chi connectivity index (χ3v) is 4.01.